The second-order valence-electron chi connectivity index (χ2n) is 5.75. The van der Waals surface area contributed by atoms with Crippen molar-refractivity contribution >= 4 is 27.5 Å². The molecule has 0 spiro atoms. The third-order valence-electron chi connectivity index (χ3n) is 4.06. The van der Waals surface area contributed by atoms with Gasteiger partial charge in [0.15, 0.2) is 0 Å². The van der Waals surface area contributed by atoms with E-state index in [1.54, 1.807) is 30.5 Å². The predicted molar refractivity (Wildman–Crippen MR) is 98.6 cm³/mol. The van der Waals surface area contributed by atoms with Crippen molar-refractivity contribution < 1.29 is 9.00 Å². The molecule has 122 valence electrons. The fourth-order valence-corrected chi connectivity index (χ4v) is 3.48. The topological polar surface area (TPSA) is 46.2 Å². The molecule has 24 heavy (non-hydrogen) atoms. The number of fused-ring (bicyclic) bond motifs is 1. The van der Waals surface area contributed by atoms with E-state index >= 15 is 0 Å². The molecule has 1 amide bonds. The van der Waals surface area contributed by atoms with E-state index in [1.165, 1.54) is 5.39 Å². The standard InChI is InChI=1S/C20H19NO2S/c1-14(16-12-11-15-7-3-4-8-17(15)13-16)21-20(22)18-9-5-6-10-19(18)24(2)23/h3-14H,1-2H3,(H,21,22)/t14-,24+/m1/s1. The first-order chi connectivity index (χ1) is 11.6. The molecule has 0 radical (unpaired) electrons. The minimum absolute atomic E-state index is 0.138. The summed E-state index contributed by atoms with van der Waals surface area (Å²) in [4.78, 5) is 13.1. The van der Waals surface area contributed by atoms with Gasteiger partial charge in [-0.3, -0.25) is 9.00 Å². The Kier molecular flexibility index (Phi) is 4.76. The molecule has 0 aliphatic heterocycles. The summed E-state index contributed by atoms with van der Waals surface area (Å²) in [6, 6.07) is 21.2. The van der Waals surface area contributed by atoms with Crippen LogP contribution >= 0.6 is 0 Å². The summed E-state index contributed by atoms with van der Waals surface area (Å²) in [5.74, 6) is -0.207. The highest BCUT2D eigenvalue weighted by Gasteiger charge is 2.16. The lowest BCUT2D eigenvalue weighted by Crippen LogP contribution is -2.27. The van der Waals surface area contributed by atoms with E-state index in [0.29, 0.717) is 10.5 Å². The van der Waals surface area contributed by atoms with E-state index in [0.717, 1.165) is 10.9 Å². The molecule has 1 N–H and O–H groups in total. The van der Waals surface area contributed by atoms with E-state index in [4.69, 9.17) is 0 Å². The molecule has 3 aromatic rings. The molecule has 0 heterocycles. The predicted octanol–water partition coefficient (Wildman–Crippen LogP) is 4.07. The van der Waals surface area contributed by atoms with Crippen LogP contribution in [0.4, 0.5) is 0 Å². The van der Waals surface area contributed by atoms with E-state index in [2.05, 4.69) is 29.6 Å². The zero-order valence-corrected chi connectivity index (χ0v) is 14.5. The number of carbonyl (C=O) groups excluding carboxylic acids is 1. The van der Waals surface area contributed by atoms with Gasteiger partial charge < -0.3 is 5.32 Å². The third kappa shape index (κ3) is 3.39. The van der Waals surface area contributed by atoms with Crippen LogP contribution in [-0.2, 0) is 10.8 Å². The molecule has 2 atom stereocenters. The van der Waals surface area contributed by atoms with Gasteiger partial charge in [-0.1, -0.05) is 48.5 Å². The van der Waals surface area contributed by atoms with Gasteiger partial charge in [-0.05, 0) is 41.5 Å². The second-order valence-corrected chi connectivity index (χ2v) is 7.10. The van der Waals surface area contributed by atoms with Crippen LogP contribution in [0.25, 0.3) is 10.8 Å². The molecule has 0 fully saturated rings. The molecule has 0 saturated carbocycles. The Morgan fingerprint density at radius 1 is 0.958 bits per heavy atom. The van der Waals surface area contributed by atoms with Crippen LogP contribution in [0.15, 0.2) is 71.6 Å². The smallest absolute Gasteiger partial charge is 0.252 e. The summed E-state index contributed by atoms with van der Waals surface area (Å²) in [5.41, 5.74) is 1.50. The van der Waals surface area contributed by atoms with Crippen LogP contribution < -0.4 is 5.32 Å². The van der Waals surface area contributed by atoms with Crippen LogP contribution in [0.2, 0.25) is 0 Å². The summed E-state index contributed by atoms with van der Waals surface area (Å²) in [6.07, 6.45) is 1.58. The lowest BCUT2D eigenvalue weighted by molar-refractivity contribution is 0.0937. The average molecular weight is 337 g/mol. The van der Waals surface area contributed by atoms with Gasteiger partial charge in [0.1, 0.15) is 0 Å². The Morgan fingerprint density at radius 3 is 2.38 bits per heavy atom. The van der Waals surface area contributed by atoms with Crippen molar-refractivity contribution in [1.29, 1.82) is 0 Å². The highest BCUT2D eigenvalue weighted by molar-refractivity contribution is 7.84. The molecule has 0 bridgehead atoms. The summed E-state index contributed by atoms with van der Waals surface area (Å²) < 4.78 is 11.8. The largest absolute Gasteiger partial charge is 0.345 e. The maximum Gasteiger partial charge on any atom is 0.252 e. The number of benzene rings is 3. The van der Waals surface area contributed by atoms with Crippen molar-refractivity contribution in [1.82, 2.24) is 5.32 Å². The molecule has 3 aromatic carbocycles. The first kappa shape index (κ1) is 16.4. The minimum Gasteiger partial charge on any atom is -0.345 e. The van der Waals surface area contributed by atoms with E-state index in [-0.39, 0.29) is 11.9 Å². The highest BCUT2D eigenvalue weighted by Crippen LogP contribution is 2.21. The number of nitrogens with one attached hydrogen (secondary N) is 1. The number of hydrogen-bond donors (Lipinski definition) is 1. The molecule has 0 aromatic heterocycles. The fraction of sp³-hybridized carbons (Fsp3) is 0.150. The van der Waals surface area contributed by atoms with Crippen molar-refractivity contribution in [3.63, 3.8) is 0 Å². The van der Waals surface area contributed by atoms with Crippen molar-refractivity contribution in [2.45, 2.75) is 17.9 Å². The first-order valence-corrected chi connectivity index (χ1v) is 9.34. The monoisotopic (exact) mass is 337 g/mol. The van der Waals surface area contributed by atoms with Gasteiger partial charge in [0.2, 0.25) is 0 Å². The Labute approximate surface area is 144 Å². The Morgan fingerprint density at radius 2 is 1.62 bits per heavy atom. The van der Waals surface area contributed by atoms with Crippen molar-refractivity contribution in [3.05, 3.63) is 77.9 Å². The third-order valence-corrected chi connectivity index (χ3v) is 5.04. The van der Waals surface area contributed by atoms with Gasteiger partial charge in [-0.25, -0.2) is 0 Å². The zero-order chi connectivity index (χ0) is 17.1. The zero-order valence-electron chi connectivity index (χ0n) is 13.7. The Hall–Kier alpha value is -2.46. The van der Waals surface area contributed by atoms with Crippen LogP contribution in [0.1, 0.15) is 28.9 Å². The van der Waals surface area contributed by atoms with Crippen LogP contribution in [0.5, 0.6) is 0 Å². The quantitative estimate of drug-likeness (QED) is 0.780. The summed E-state index contributed by atoms with van der Waals surface area (Å²) in [5, 5.41) is 5.32. The Bertz CT molecular complexity index is 920. The van der Waals surface area contributed by atoms with Gasteiger partial charge in [0.25, 0.3) is 5.91 Å². The molecule has 0 aliphatic rings. The van der Waals surface area contributed by atoms with Crippen molar-refractivity contribution in [2.24, 2.45) is 0 Å². The molecule has 3 nitrogen and oxygen atoms in total. The maximum atomic E-state index is 12.6. The molecular formula is C20H19NO2S. The molecule has 0 saturated heterocycles. The van der Waals surface area contributed by atoms with E-state index in [1.807, 2.05) is 25.1 Å². The molecule has 0 aliphatic carbocycles. The van der Waals surface area contributed by atoms with Crippen LogP contribution in [0.3, 0.4) is 0 Å². The van der Waals surface area contributed by atoms with Crippen LogP contribution in [0, 0.1) is 0 Å². The number of rotatable bonds is 4. The maximum absolute atomic E-state index is 12.6. The average Bonchev–Trinajstić information content (AvgIpc) is 2.61. The number of carbonyl (C=O) groups is 1. The number of hydrogen-bond acceptors (Lipinski definition) is 2. The molecule has 0 unspecified atom stereocenters. The molecule has 4 heteroatoms. The van der Waals surface area contributed by atoms with Gasteiger partial charge in [-0.15, -0.1) is 0 Å². The van der Waals surface area contributed by atoms with Gasteiger partial charge in [0.05, 0.1) is 27.3 Å². The highest BCUT2D eigenvalue weighted by atomic mass is 32.2. The van der Waals surface area contributed by atoms with Gasteiger partial charge in [0, 0.05) is 6.26 Å². The lowest BCUT2D eigenvalue weighted by atomic mass is 10.0. The van der Waals surface area contributed by atoms with E-state index < -0.39 is 10.8 Å². The second kappa shape index (κ2) is 6.97. The van der Waals surface area contributed by atoms with Crippen LogP contribution in [-0.4, -0.2) is 16.4 Å². The summed E-state index contributed by atoms with van der Waals surface area (Å²) in [6.45, 7) is 1.95. The minimum atomic E-state index is -1.20. The molecule has 3 rings (SSSR count). The Balaban J connectivity index is 1.84. The van der Waals surface area contributed by atoms with Crippen molar-refractivity contribution in [3.8, 4) is 0 Å². The fourth-order valence-electron chi connectivity index (χ4n) is 2.74. The first-order valence-electron chi connectivity index (χ1n) is 7.78. The number of amides is 1. The molecular weight excluding hydrogens is 318 g/mol. The van der Waals surface area contributed by atoms with Crippen molar-refractivity contribution in [2.75, 3.05) is 6.26 Å². The van der Waals surface area contributed by atoms with E-state index in [9.17, 15) is 9.00 Å². The van der Waals surface area contributed by atoms with Gasteiger partial charge >= 0.3 is 0 Å². The normalized spacial score (nSPS) is 13.4. The summed E-state index contributed by atoms with van der Waals surface area (Å²) >= 11 is 0. The SMILES string of the molecule is C[C@@H](NC(=O)c1ccccc1[S@](C)=O)c1ccc2ccccc2c1. The summed E-state index contributed by atoms with van der Waals surface area (Å²) in [7, 11) is -1.20. The lowest BCUT2D eigenvalue weighted by Gasteiger charge is -2.16. The van der Waals surface area contributed by atoms with Gasteiger partial charge in [-0.2, -0.15) is 0 Å².